The Morgan fingerprint density at radius 3 is 2.91 bits per heavy atom. The van der Waals surface area contributed by atoms with Crippen LogP contribution in [0, 0.1) is 23.7 Å². The second-order valence-corrected chi connectivity index (χ2v) is 4.53. The zero-order valence-electron chi connectivity index (χ0n) is 6.75. The predicted octanol–water partition coefficient (Wildman–Crippen LogP) is 2.01. The maximum atomic E-state index is 11.4. The fourth-order valence-corrected chi connectivity index (χ4v) is 3.79. The van der Waals surface area contributed by atoms with Gasteiger partial charge in [-0.15, -0.1) is 0 Å². The van der Waals surface area contributed by atoms with E-state index in [4.69, 9.17) is 0 Å². The molecule has 0 spiro atoms. The number of hydrogen-bond acceptors (Lipinski definition) is 1. The molecule has 0 heterocycles. The van der Waals surface area contributed by atoms with Gasteiger partial charge in [0.25, 0.3) is 0 Å². The highest BCUT2D eigenvalue weighted by Crippen LogP contribution is 2.57. The molecule has 3 saturated carbocycles. The van der Waals surface area contributed by atoms with Gasteiger partial charge in [-0.3, -0.25) is 4.79 Å². The monoisotopic (exact) mass is 150 g/mol. The molecule has 3 rings (SSSR count). The first kappa shape index (κ1) is 6.22. The van der Waals surface area contributed by atoms with E-state index in [1.165, 1.54) is 25.7 Å². The summed E-state index contributed by atoms with van der Waals surface area (Å²) in [6.45, 7) is 0. The largest absolute Gasteiger partial charge is 0.299 e. The SMILES string of the molecule is O=C1CC2CC1[C@@H]1CCCC21. The van der Waals surface area contributed by atoms with E-state index in [1.807, 2.05) is 0 Å². The van der Waals surface area contributed by atoms with Crippen LogP contribution in [0.3, 0.4) is 0 Å². The third-order valence-corrected chi connectivity index (χ3v) is 4.18. The van der Waals surface area contributed by atoms with Crippen molar-refractivity contribution in [1.82, 2.24) is 0 Å². The zero-order valence-corrected chi connectivity index (χ0v) is 6.75. The molecule has 0 amide bonds. The summed E-state index contributed by atoms with van der Waals surface area (Å²) >= 11 is 0. The summed E-state index contributed by atoms with van der Waals surface area (Å²) in [7, 11) is 0. The quantitative estimate of drug-likeness (QED) is 0.516. The van der Waals surface area contributed by atoms with Gasteiger partial charge < -0.3 is 0 Å². The molecule has 3 unspecified atom stereocenters. The average molecular weight is 150 g/mol. The van der Waals surface area contributed by atoms with E-state index in [9.17, 15) is 4.79 Å². The molecule has 0 radical (unpaired) electrons. The molecular formula is C10H14O. The highest BCUT2D eigenvalue weighted by molar-refractivity contribution is 5.85. The van der Waals surface area contributed by atoms with Crippen LogP contribution in [0.2, 0.25) is 0 Å². The molecule has 0 aromatic carbocycles. The fraction of sp³-hybridized carbons (Fsp3) is 0.900. The number of Topliss-reactive ketones (excluding diaryl/α,β-unsaturated/α-hetero) is 1. The first-order valence-corrected chi connectivity index (χ1v) is 4.89. The molecule has 60 valence electrons. The number of ketones is 1. The third kappa shape index (κ3) is 0.646. The van der Waals surface area contributed by atoms with Crippen LogP contribution in [0.5, 0.6) is 0 Å². The molecule has 0 aromatic rings. The second-order valence-electron chi connectivity index (χ2n) is 4.53. The number of rotatable bonds is 0. The van der Waals surface area contributed by atoms with Gasteiger partial charge >= 0.3 is 0 Å². The van der Waals surface area contributed by atoms with Crippen molar-refractivity contribution in [2.75, 3.05) is 0 Å². The zero-order chi connectivity index (χ0) is 7.42. The maximum absolute atomic E-state index is 11.4. The Labute approximate surface area is 67.2 Å². The predicted molar refractivity (Wildman–Crippen MR) is 42.1 cm³/mol. The first-order chi connectivity index (χ1) is 5.36. The standard InChI is InChI=1S/C10H14O/c11-10-5-6-4-9(10)8-3-1-2-7(6)8/h6-9H,1-5H2/t6?,7?,8-,9?/m1/s1. The highest BCUT2D eigenvalue weighted by atomic mass is 16.1. The van der Waals surface area contributed by atoms with Crippen molar-refractivity contribution < 1.29 is 4.79 Å². The van der Waals surface area contributed by atoms with Crippen LogP contribution in [0.25, 0.3) is 0 Å². The summed E-state index contributed by atoms with van der Waals surface area (Å²) in [5.74, 6) is 3.74. The number of carbonyl (C=O) groups excluding carboxylic acids is 1. The number of carbonyl (C=O) groups is 1. The molecule has 0 N–H and O–H groups in total. The minimum absolute atomic E-state index is 0.521. The van der Waals surface area contributed by atoms with Crippen LogP contribution in [0.1, 0.15) is 32.1 Å². The van der Waals surface area contributed by atoms with Crippen LogP contribution >= 0.6 is 0 Å². The summed E-state index contributed by atoms with van der Waals surface area (Å²) in [5, 5.41) is 0. The van der Waals surface area contributed by atoms with Gasteiger partial charge in [-0.05, 0) is 37.0 Å². The van der Waals surface area contributed by atoms with Crippen molar-refractivity contribution in [3.05, 3.63) is 0 Å². The van der Waals surface area contributed by atoms with Crippen molar-refractivity contribution >= 4 is 5.78 Å². The number of fused-ring (bicyclic) bond motifs is 5. The van der Waals surface area contributed by atoms with Crippen LogP contribution in [0.15, 0.2) is 0 Å². The van der Waals surface area contributed by atoms with E-state index in [0.717, 1.165) is 24.2 Å². The molecule has 3 aliphatic carbocycles. The Bertz CT molecular complexity index is 209. The van der Waals surface area contributed by atoms with E-state index in [1.54, 1.807) is 0 Å². The molecule has 0 aromatic heterocycles. The van der Waals surface area contributed by atoms with E-state index >= 15 is 0 Å². The van der Waals surface area contributed by atoms with Crippen LogP contribution < -0.4 is 0 Å². The van der Waals surface area contributed by atoms with E-state index < -0.39 is 0 Å². The molecule has 4 atom stereocenters. The lowest BCUT2D eigenvalue weighted by atomic mass is 9.81. The normalized spacial score (nSPS) is 53.6. The average Bonchev–Trinajstić information content (AvgIpc) is 2.52. The molecule has 3 aliphatic rings. The van der Waals surface area contributed by atoms with Gasteiger partial charge in [-0.2, -0.15) is 0 Å². The molecule has 2 bridgehead atoms. The van der Waals surface area contributed by atoms with Crippen molar-refractivity contribution in [3.63, 3.8) is 0 Å². The van der Waals surface area contributed by atoms with Gasteiger partial charge in [0, 0.05) is 12.3 Å². The summed E-state index contributed by atoms with van der Waals surface area (Å²) in [6.07, 6.45) is 6.38. The minimum atomic E-state index is 0.521. The van der Waals surface area contributed by atoms with Gasteiger partial charge in [0.2, 0.25) is 0 Å². The van der Waals surface area contributed by atoms with Crippen LogP contribution in [-0.2, 0) is 4.79 Å². The van der Waals surface area contributed by atoms with Crippen molar-refractivity contribution in [3.8, 4) is 0 Å². The van der Waals surface area contributed by atoms with Crippen molar-refractivity contribution in [2.24, 2.45) is 23.7 Å². The number of hydrogen-bond donors (Lipinski definition) is 0. The summed E-state index contributed by atoms with van der Waals surface area (Å²) in [4.78, 5) is 11.4. The Kier molecular flexibility index (Phi) is 1.06. The molecule has 0 aliphatic heterocycles. The Morgan fingerprint density at radius 1 is 1.18 bits per heavy atom. The van der Waals surface area contributed by atoms with Crippen LogP contribution in [0.4, 0.5) is 0 Å². The molecule has 1 heteroatoms. The fourth-order valence-electron chi connectivity index (χ4n) is 3.79. The van der Waals surface area contributed by atoms with E-state index in [2.05, 4.69) is 0 Å². The topological polar surface area (TPSA) is 17.1 Å². The Balaban J connectivity index is 1.95. The summed E-state index contributed by atoms with van der Waals surface area (Å²) < 4.78 is 0. The van der Waals surface area contributed by atoms with Gasteiger partial charge in [-0.25, -0.2) is 0 Å². The lowest BCUT2D eigenvalue weighted by Gasteiger charge is -2.22. The Hall–Kier alpha value is -0.330. The third-order valence-electron chi connectivity index (χ3n) is 4.18. The summed E-state index contributed by atoms with van der Waals surface area (Å²) in [6, 6.07) is 0. The van der Waals surface area contributed by atoms with E-state index in [0.29, 0.717) is 11.7 Å². The lowest BCUT2D eigenvalue weighted by Crippen LogP contribution is -2.23. The molecule has 3 fully saturated rings. The molecule has 0 saturated heterocycles. The van der Waals surface area contributed by atoms with Gasteiger partial charge in [0.05, 0.1) is 0 Å². The van der Waals surface area contributed by atoms with Gasteiger partial charge in [0.15, 0.2) is 0 Å². The van der Waals surface area contributed by atoms with Crippen LogP contribution in [-0.4, -0.2) is 5.78 Å². The highest BCUT2D eigenvalue weighted by Gasteiger charge is 2.53. The van der Waals surface area contributed by atoms with Gasteiger partial charge in [-0.1, -0.05) is 6.42 Å². The molecular weight excluding hydrogens is 136 g/mol. The smallest absolute Gasteiger partial charge is 0.136 e. The molecule has 1 nitrogen and oxygen atoms in total. The summed E-state index contributed by atoms with van der Waals surface area (Å²) in [5.41, 5.74) is 0. The minimum Gasteiger partial charge on any atom is -0.299 e. The molecule has 11 heavy (non-hydrogen) atoms. The maximum Gasteiger partial charge on any atom is 0.136 e. The van der Waals surface area contributed by atoms with Gasteiger partial charge in [0.1, 0.15) is 5.78 Å². The van der Waals surface area contributed by atoms with Crippen molar-refractivity contribution in [2.45, 2.75) is 32.1 Å². The van der Waals surface area contributed by atoms with E-state index in [-0.39, 0.29) is 0 Å². The van der Waals surface area contributed by atoms with Crippen molar-refractivity contribution in [1.29, 1.82) is 0 Å². The second kappa shape index (κ2) is 1.88. The lowest BCUT2D eigenvalue weighted by molar-refractivity contribution is -0.123. The first-order valence-electron chi connectivity index (χ1n) is 4.89. The Morgan fingerprint density at radius 2 is 2.00 bits per heavy atom.